The van der Waals surface area contributed by atoms with E-state index in [-0.39, 0.29) is 24.0 Å². The first kappa shape index (κ1) is 22.3. The maximum Gasteiger partial charge on any atom is 0.190 e. The van der Waals surface area contributed by atoms with Crippen molar-refractivity contribution in [1.82, 2.24) is 15.5 Å². The topological polar surface area (TPSA) is 39.7 Å². The molecule has 1 unspecified atom stereocenters. The zero-order chi connectivity index (χ0) is 15.3. The maximum atomic E-state index is 4.28. The second-order valence-corrected chi connectivity index (χ2v) is 7.01. The predicted octanol–water partition coefficient (Wildman–Crippen LogP) is 3.03. The molecule has 1 atom stereocenters. The van der Waals surface area contributed by atoms with Crippen LogP contribution in [0, 0.1) is 5.92 Å². The number of likely N-dealkylation sites (tertiary alicyclic amines) is 1. The molecule has 132 valence electrons. The lowest BCUT2D eigenvalue weighted by Crippen LogP contribution is -2.40. The molecule has 22 heavy (non-hydrogen) atoms. The van der Waals surface area contributed by atoms with Gasteiger partial charge in [-0.2, -0.15) is 11.8 Å². The summed E-state index contributed by atoms with van der Waals surface area (Å²) in [6.45, 7) is 8.17. The lowest BCUT2D eigenvalue weighted by molar-refractivity contribution is 0.182. The van der Waals surface area contributed by atoms with E-state index in [0.717, 1.165) is 25.0 Å². The molecular weight excluding hydrogens is 407 g/mol. The first-order chi connectivity index (χ1) is 10.3. The smallest absolute Gasteiger partial charge is 0.190 e. The van der Waals surface area contributed by atoms with Gasteiger partial charge >= 0.3 is 0 Å². The Balaban J connectivity index is 0.00000441. The van der Waals surface area contributed by atoms with Crippen LogP contribution in [0.5, 0.6) is 0 Å². The van der Waals surface area contributed by atoms with E-state index in [9.17, 15) is 0 Å². The molecule has 1 fully saturated rings. The molecular formula is C16H35IN4S. The monoisotopic (exact) mass is 442 g/mol. The number of aliphatic imine (C=N–C) groups is 1. The predicted molar refractivity (Wildman–Crippen MR) is 112 cm³/mol. The Morgan fingerprint density at radius 1 is 1.23 bits per heavy atom. The molecule has 0 saturated carbocycles. The van der Waals surface area contributed by atoms with Crippen LogP contribution in [0.2, 0.25) is 0 Å². The molecule has 0 aromatic rings. The molecule has 0 aliphatic carbocycles. The fourth-order valence-corrected chi connectivity index (χ4v) is 3.29. The molecule has 0 radical (unpaired) electrons. The van der Waals surface area contributed by atoms with Crippen molar-refractivity contribution in [1.29, 1.82) is 0 Å². The molecule has 1 saturated heterocycles. The molecule has 0 aromatic heterocycles. The highest BCUT2D eigenvalue weighted by molar-refractivity contribution is 14.0. The fourth-order valence-electron chi connectivity index (χ4n) is 2.80. The highest BCUT2D eigenvalue weighted by Gasteiger charge is 2.15. The van der Waals surface area contributed by atoms with E-state index in [1.165, 1.54) is 57.5 Å². The summed E-state index contributed by atoms with van der Waals surface area (Å²) in [7, 11) is 1.85. The molecule has 0 aromatic carbocycles. The Bertz CT molecular complexity index is 289. The third kappa shape index (κ3) is 10.9. The van der Waals surface area contributed by atoms with Crippen molar-refractivity contribution in [2.24, 2.45) is 10.9 Å². The van der Waals surface area contributed by atoms with Crippen LogP contribution in [0.25, 0.3) is 0 Å². The minimum atomic E-state index is 0. The number of halogens is 1. The van der Waals surface area contributed by atoms with Crippen LogP contribution >= 0.6 is 35.7 Å². The largest absolute Gasteiger partial charge is 0.356 e. The zero-order valence-corrected chi connectivity index (χ0v) is 17.7. The van der Waals surface area contributed by atoms with Gasteiger partial charge in [0.25, 0.3) is 0 Å². The second-order valence-electron chi connectivity index (χ2n) is 6.03. The van der Waals surface area contributed by atoms with Gasteiger partial charge in [0.2, 0.25) is 0 Å². The third-order valence-electron chi connectivity index (χ3n) is 3.98. The van der Waals surface area contributed by atoms with Crippen LogP contribution in [0.1, 0.15) is 39.0 Å². The van der Waals surface area contributed by atoms with Crippen LogP contribution in [0.3, 0.4) is 0 Å². The quantitative estimate of drug-likeness (QED) is 0.249. The van der Waals surface area contributed by atoms with Crippen molar-refractivity contribution >= 4 is 41.7 Å². The molecule has 0 amide bonds. The molecule has 1 heterocycles. The van der Waals surface area contributed by atoms with Crippen LogP contribution < -0.4 is 10.6 Å². The zero-order valence-electron chi connectivity index (χ0n) is 14.6. The number of hydrogen-bond acceptors (Lipinski definition) is 3. The van der Waals surface area contributed by atoms with Gasteiger partial charge in [-0.3, -0.25) is 4.99 Å². The highest BCUT2D eigenvalue weighted by Crippen LogP contribution is 2.15. The number of nitrogens with one attached hydrogen (secondary N) is 2. The van der Waals surface area contributed by atoms with E-state index in [1.807, 2.05) is 18.8 Å². The molecule has 0 spiro atoms. The normalized spacial score (nSPS) is 19.6. The van der Waals surface area contributed by atoms with E-state index >= 15 is 0 Å². The van der Waals surface area contributed by atoms with Gasteiger partial charge < -0.3 is 15.5 Å². The number of nitrogens with zero attached hydrogens (tertiary/aromatic N) is 2. The number of piperidine rings is 1. The van der Waals surface area contributed by atoms with Crippen LogP contribution in [-0.2, 0) is 0 Å². The van der Waals surface area contributed by atoms with Crippen molar-refractivity contribution in [3.05, 3.63) is 0 Å². The molecule has 4 nitrogen and oxygen atoms in total. The van der Waals surface area contributed by atoms with E-state index in [2.05, 4.69) is 33.7 Å². The molecule has 1 aliphatic heterocycles. The van der Waals surface area contributed by atoms with E-state index in [4.69, 9.17) is 0 Å². The van der Waals surface area contributed by atoms with Crippen molar-refractivity contribution in [3.8, 4) is 0 Å². The summed E-state index contributed by atoms with van der Waals surface area (Å²) in [5, 5.41) is 6.81. The van der Waals surface area contributed by atoms with Crippen LogP contribution in [0.4, 0.5) is 0 Å². The third-order valence-corrected chi connectivity index (χ3v) is 4.67. The number of unbranched alkanes of at least 4 members (excludes halogenated alkanes) is 1. The SMILES string of the molecule is CN=C(NCCCCSC)NCCCN1CCCC(C)C1.I. The lowest BCUT2D eigenvalue weighted by atomic mass is 10.0. The van der Waals surface area contributed by atoms with Gasteiger partial charge in [0.05, 0.1) is 0 Å². The molecule has 0 bridgehead atoms. The number of guanidine groups is 1. The van der Waals surface area contributed by atoms with Gasteiger partial charge in [-0.15, -0.1) is 24.0 Å². The first-order valence-electron chi connectivity index (χ1n) is 8.42. The average molecular weight is 442 g/mol. The summed E-state index contributed by atoms with van der Waals surface area (Å²) in [4.78, 5) is 6.88. The summed E-state index contributed by atoms with van der Waals surface area (Å²) in [5.74, 6) is 3.08. The molecule has 2 N–H and O–H groups in total. The van der Waals surface area contributed by atoms with Gasteiger partial charge in [-0.05, 0) is 63.1 Å². The Labute approximate surface area is 158 Å². The maximum absolute atomic E-state index is 4.28. The second kappa shape index (κ2) is 14.9. The summed E-state index contributed by atoms with van der Waals surface area (Å²) >= 11 is 1.92. The molecule has 1 aliphatic rings. The summed E-state index contributed by atoms with van der Waals surface area (Å²) < 4.78 is 0. The Morgan fingerprint density at radius 2 is 1.95 bits per heavy atom. The lowest BCUT2D eigenvalue weighted by Gasteiger charge is -2.30. The van der Waals surface area contributed by atoms with E-state index in [1.54, 1.807) is 0 Å². The van der Waals surface area contributed by atoms with Crippen molar-refractivity contribution in [2.75, 3.05) is 51.8 Å². The standard InChI is InChI=1S/C16H34N4S.HI/c1-15-8-6-11-20(14-15)12-7-10-19-16(17-2)18-9-4-5-13-21-3;/h15H,4-14H2,1-3H3,(H2,17,18,19);1H. The first-order valence-corrected chi connectivity index (χ1v) is 9.81. The average Bonchev–Trinajstić information content (AvgIpc) is 2.49. The van der Waals surface area contributed by atoms with Gasteiger partial charge in [0, 0.05) is 26.7 Å². The van der Waals surface area contributed by atoms with Gasteiger partial charge in [-0.25, -0.2) is 0 Å². The van der Waals surface area contributed by atoms with Crippen molar-refractivity contribution < 1.29 is 0 Å². The molecule has 1 rings (SSSR count). The van der Waals surface area contributed by atoms with E-state index in [0.29, 0.717) is 0 Å². The van der Waals surface area contributed by atoms with Crippen molar-refractivity contribution in [2.45, 2.75) is 39.0 Å². The Kier molecular flexibility index (Phi) is 15.1. The van der Waals surface area contributed by atoms with Gasteiger partial charge in [-0.1, -0.05) is 6.92 Å². The number of hydrogen-bond donors (Lipinski definition) is 2. The van der Waals surface area contributed by atoms with Gasteiger partial charge in [0.15, 0.2) is 5.96 Å². The van der Waals surface area contributed by atoms with Crippen LogP contribution in [0.15, 0.2) is 4.99 Å². The molecule has 6 heteroatoms. The van der Waals surface area contributed by atoms with E-state index < -0.39 is 0 Å². The van der Waals surface area contributed by atoms with Gasteiger partial charge in [0.1, 0.15) is 0 Å². The van der Waals surface area contributed by atoms with Crippen molar-refractivity contribution in [3.63, 3.8) is 0 Å². The Hall–Kier alpha value is 0.310. The summed E-state index contributed by atoms with van der Waals surface area (Å²) in [6, 6.07) is 0. The fraction of sp³-hybridized carbons (Fsp3) is 0.938. The Morgan fingerprint density at radius 3 is 2.59 bits per heavy atom. The number of thioether (sulfide) groups is 1. The van der Waals surface area contributed by atoms with Crippen LogP contribution in [-0.4, -0.2) is 62.6 Å². The minimum absolute atomic E-state index is 0. The summed E-state index contributed by atoms with van der Waals surface area (Å²) in [5.41, 5.74) is 0. The minimum Gasteiger partial charge on any atom is -0.356 e. The summed E-state index contributed by atoms with van der Waals surface area (Å²) in [6.07, 6.45) is 8.62. The number of rotatable bonds is 9. The highest BCUT2D eigenvalue weighted by atomic mass is 127.